The zero-order chi connectivity index (χ0) is 15.5. The molecule has 112 valence electrons. The molecule has 0 saturated heterocycles. The lowest BCUT2D eigenvalue weighted by Gasteiger charge is -2.23. The summed E-state index contributed by atoms with van der Waals surface area (Å²) in [4.78, 5) is 16.4. The lowest BCUT2D eigenvalue weighted by atomic mass is 10.1. The molecule has 0 spiro atoms. The zero-order valence-corrected chi connectivity index (χ0v) is 13.5. The Balaban J connectivity index is 2.08. The Morgan fingerprint density at radius 3 is 2.81 bits per heavy atom. The average Bonchev–Trinajstić information content (AvgIpc) is 2.86. The quantitative estimate of drug-likeness (QED) is 0.889. The van der Waals surface area contributed by atoms with Crippen molar-refractivity contribution in [3.8, 4) is 10.6 Å². The topological polar surface area (TPSA) is 62.2 Å². The summed E-state index contributed by atoms with van der Waals surface area (Å²) in [6.07, 6.45) is 0.185. The van der Waals surface area contributed by atoms with Crippen LogP contribution in [0.2, 0.25) is 5.02 Å². The van der Waals surface area contributed by atoms with E-state index >= 15 is 0 Å². The van der Waals surface area contributed by atoms with E-state index in [1.807, 2.05) is 29.6 Å². The molecule has 6 heteroatoms. The molecule has 21 heavy (non-hydrogen) atoms. The first-order valence-corrected chi connectivity index (χ1v) is 7.78. The maximum Gasteiger partial charge on any atom is 0.226 e. The number of carbonyl (C=O) groups excluding carboxylic acids is 1. The van der Waals surface area contributed by atoms with Crippen molar-refractivity contribution in [3.05, 3.63) is 40.4 Å². The molecule has 0 radical (unpaired) electrons. The van der Waals surface area contributed by atoms with Crippen molar-refractivity contribution in [1.29, 1.82) is 0 Å². The van der Waals surface area contributed by atoms with E-state index in [-0.39, 0.29) is 18.9 Å². The molecule has 0 unspecified atom stereocenters. The van der Waals surface area contributed by atoms with E-state index in [1.165, 1.54) is 11.3 Å². The Morgan fingerprint density at radius 1 is 1.43 bits per heavy atom. The van der Waals surface area contributed by atoms with Crippen molar-refractivity contribution in [2.75, 3.05) is 6.61 Å². The summed E-state index contributed by atoms with van der Waals surface area (Å²) in [7, 11) is 0. The molecule has 0 bridgehead atoms. The minimum Gasteiger partial charge on any atom is -0.394 e. The number of aromatic nitrogens is 1. The molecule has 1 heterocycles. The Morgan fingerprint density at radius 2 is 2.14 bits per heavy atom. The van der Waals surface area contributed by atoms with Gasteiger partial charge in [0.05, 0.1) is 29.3 Å². The summed E-state index contributed by atoms with van der Waals surface area (Å²) in [5.41, 5.74) is 0.936. The van der Waals surface area contributed by atoms with Gasteiger partial charge in [-0.15, -0.1) is 11.3 Å². The standard InChI is InChI=1S/C15H17ClN2O2S/c1-15(2,9-19)18-13(20)7-10-8-21-14(17-10)11-5-3-4-6-12(11)16/h3-6,8,19H,7,9H2,1-2H3,(H,18,20). The zero-order valence-electron chi connectivity index (χ0n) is 11.9. The van der Waals surface area contributed by atoms with Gasteiger partial charge in [0.2, 0.25) is 5.91 Å². The van der Waals surface area contributed by atoms with Gasteiger partial charge in [0.1, 0.15) is 5.01 Å². The van der Waals surface area contributed by atoms with E-state index in [0.29, 0.717) is 10.7 Å². The largest absolute Gasteiger partial charge is 0.394 e. The van der Waals surface area contributed by atoms with E-state index in [1.54, 1.807) is 13.8 Å². The van der Waals surface area contributed by atoms with E-state index in [0.717, 1.165) is 10.6 Å². The molecular formula is C15H17ClN2O2S. The van der Waals surface area contributed by atoms with Gasteiger partial charge in [0.15, 0.2) is 0 Å². The molecule has 4 nitrogen and oxygen atoms in total. The third-order valence-electron chi connectivity index (χ3n) is 2.87. The van der Waals surface area contributed by atoms with Gasteiger partial charge in [-0.05, 0) is 19.9 Å². The second-order valence-electron chi connectivity index (χ2n) is 5.39. The third kappa shape index (κ3) is 4.27. The number of rotatable bonds is 5. The molecule has 0 saturated carbocycles. The van der Waals surface area contributed by atoms with Gasteiger partial charge >= 0.3 is 0 Å². The van der Waals surface area contributed by atoms with Crippen LogP contribution in [0.1, 0.15) is 19.5 Å². The smallest absolute Gasteiger partial charge is 0.226 e. The monoisotopic (exact) mass is 324 g/mol. The van der Waals surface area contributed by atoms with Crippen LogP contribution in [0.25, 0.3) is 10.6 Å². The number of nitrogens with one attached hydrogen (secondary N) is 1. The number of nitrogens with zero attached hydrogens (tertiary/aromatic N) is 1. The molecular weight excluding hydrogens is 308 g/mol. The van der Waals surface area contributed by atoms with Crippen LogP contribution in [0.4, 0.5) is 0 Å². The highest BCUT2D eigenvalue weighted by Gasteiger charge is 2.20. The molecule has 2 N–H and O–H groups in total. The number of hydrogen-bond donors (Lipinski definition) is 2. The highest BCUT2D eigenvalue weighted by molar-refractivity contribution is 7.13. The summed E-state index contributed by atoms with van der Waals surface area (Å²) in [6.45, 7) is 3.42. The summed E-state index contributed by atoms with van der Waals surface area (Å²) >= 11 is 7.60. The molecule has 1 amide bonds. The minimum absolute atomic E-state index is 0.110. The van der Waals surface area contributed by atoms with Crippen LogP contribution in [0.3, 0.4) is 0 Å². The first kappa shape index (κ1) is 15.9. The maximum atomic E-state index is 11.9. The van der Waals surface area contributed by atoms with Crippen molar-refractivity contribution in [1.82, 2.24) is 10.3 Å². The fourth-order valence-electron chi connectivity index (χ4n) is 1.77. The fraction of sp³-hybridized carbons (Fsp3) is 0.333. The molecule has 2 aromatic rings. The number of halogens is 1. The summed E-state index contributed by atoms with van der Waals surface area (Å²) in [5, 5.41) is 15.2. The number of thiazole rings is 1. The molecule has 1 aromatic heterocycles. The Labute approximate surface area is 132 Å². The van der Waals surface area contributed by atoms with Gasteiger partial charge in [0.25, 0.3) is 0 Å². The van der Waals surface area contributed by atoms with Crippen LogP contribution in [0.15, 0.2) is 29.6 Å². The number of aliphatic hydroxyl groups is 1. The highest BCUT2D eigenvalue weighted by atomic mass is 35.5. The van der Waals surface area contributed by atoms with Gasteiger partial charge < -0.3 is 10.4 Å². The first-order chi connectivity index (χ1) is 9.91. The third-order valence-corrected chi connectivity index (χ3v) is 4.12. The Hall–Kier alpha value is -1.43. The first-order valence-electron chi connectivity index (χ1n) is 6.52. The van der Waals surface area contributed by atoms with Crippen molar-refractivity contribution < 1.29 is 9.90 Å². The van der Waals surface area contributed by atoms with Gasteiger partial charge in [-0.2, -0.15) is 0 Å². The number of amides is 1. The number of hydrogen-bond acceptors (Lipinski definition) is 4. The van der Waals surface area contributed by atoms with Crippen LogP contribution < -0.4 is 5.32 Å². The Bertz CT molecular complexity index is 640. The molecule has 2 rings (SSSR count). The van der Waals surface area contributed by atoms with Crippen LogP contribution in [-0.4, -0.2) is 28.1 Å². The summed E-state index contributed by atoms with van der Waals surface area (Å²) in [5.74, 6) is -0.162. The number of benzene rings is 1. The van der Waals surface area contributed by atoms with Crippen molar-refractivity contribution in [3.63, 3.8) is 0 Å². The van der Waals surface area contributed by atoms with Gasteiger partial charge in [-0.3, -0.25) is 4.79 Å². The molecule has 0 atom stereocenters. The second kappa shape index (κ2) is 6.56. The number of carbonyl (C=O) groups is 1. The summed E-state index contributed by atoms with van der Waals surface area (Å²) in [6, 6.07) is 7.48. The van der Waals surface area contributed by atoms with Crippen LogP contribution >= 0.6 is 22.9 Å². The summed E-state index contributed by atoms with van der Waals surface area (Å²) < 4.78 is 0. The second-order valence-corrected chi connectivity index (χ2v) is 6.66. The Kier molecular flexibility index (Phi) is 4.98. The maximum absolute atomic E-state index is 11.9. The molecule has 0 fully saturated rings. The van der Waals surface area contributed by atoms with Gasteiger partial charge in [-0.1, -0.05) is 29.8 Å². The SMILES string of the molecule is CC(C)(CO)NC(=O)Cc1csc(-c2ccccc2Cl)n1. The van der Waals surface area contributed by atoms with E-state index in [2.05, 4.69) is 10.3 Å². The molecule has 0 aliphatic rings. The lowest BCUT2D eigenvalue weighted by molar-refractivity contribution is -0.122. The van der Waals surface area contributed by atoms with Crippen LogP contribution in [-0.2, 0) is 11.2 Å². The van der Waals surface area contributed by atoms with Crippen LogP contribution in [0.5, 0.6) is 0 Å². The van der Waals surface area contributed by atoms with Crippen molar-refractivity contribution >= 4 is 28.8 Å². The fourth-order valence-corrected chi connectivity index (χ4v) is 2.91. The lowest BCUT2D eigenvalue weighted by Crippen LogP contribution is -2.46. The molecule has 1 aromatic carbocycles. The highest BCUT2D eigenvalue weighted by Crippen LogP contribution is 2.30. The molecule has 0 aliphatic heterocycles. The minimum atomic E-state index is -0.626. The van der Waals surface area contributed by atoms with E-state index in [9.17, 15) is 4.79 Å². The van der Waals surface area contributed by atoms with Crippen molar-refractivity contribution in [2.45, 2.75) is 25.8 Å². The average molecular weight is 325 g/mol. The number of aliphatic hydroxyl groups excluding tert-OH is 1. The van der Waals surface area contributed by atoms with E-state index in [4.69, 9.17) is 16.7 Å². The normalized spacial score (nSPS) is 11.4. The molecule has 0 aliphatic carbocycles. The van der Waals surface area contributed by atoms with Gasteiger partial charge in [0, 0.05) is 10.9 Å². The predicted molar refractivity (Wildman–Crippen MR) is 85.6 cm³/mol. The van der Waals surface area contributed by atoms with E-state index < -0.39 is 5.54 Å². The van der Waals surface area contributed by atoms with Crippen molar-refractivity contribution in [2.24, 2.45) is 0 Å². The van der Waals surface area contributed by atoms with Gasteiger partial charge in [-0.25, -0.2) is 4.98 Å². The van der Waals surface area contributed by atoms with Crippen LogP contribution in [0, 0.1) is 0 Å². The predicted octanol–water partition coefficient (Wildman–Crippen LogP) is 2.89.